The number of hydrogen-bond donors (Lipinski definition) is 0. The molecule has 0 saturated carbocycles. The molecule has 1 aliphatic rings. The first-order chi connectivity index (χ1) is 9.55. The lowest BCUT2D eigenvalue weighted by Gasteiger charge is -2.39. The summed E-state index contributed by atoms with van der Waals surface area (Å²) in [4.78, 5) is 0. The molecular formula is C17H17ClN2. The summed E-state index contributed by atoms with van der Waals surface area (Å²) < 4.78 is 0. The summed E-state index contributed by atoms with van der Waals surface area (Å²) in [7, 11) is 0. The van der Waals surface area contributed by atoms with Gasteiger partial charge in [-0.2, -0.15) is 10.5 Å². The Bertz CT molecular complexity index is 573. The number of nitrogens with zero attached hydrogens (tertiary/aromatic N) is 2. The van der Waals surface area contributed by atoms with E-state index < -0.39 is 5.41 Å². The van der Waals surface area contributed by atoms with E-state index in [4.69, 9.17) is 11.6 Å². The zero-order valence-electron chi connectivity index (χ0n) is 11.7. The molecule has 0 amide bonds. The fraction of sp³-hybridized carbons (Fsp3) is 0.412. The molecular weight excluding hydrogens is 268 g/mol. The predicted octanol–water partition coefficient (Wildman–Crippen LogP) is 4.69. The molecule has 20 heavy (non-hydrogen) atoms. The maximum Gasteiger partial charge on any atom is 0.157 e. The Labute approximate surface area is 125 Å². The quantitative estimate of drug-likeness (QED) is 0.753. The van der Waals surface area contributed by atoms with Gasteiger partial charge >= 0.3 is 0 Å². The molecule has 0 saturated heterocycles. The first kappa shape index (κ1) is 14.6. The maximum absolute atomic E-state index is 9.71. The van der Waals surface area contributed by atoms with Crippen molar-refractivity contribution >= 4 is 11.6 Å². The maximum atomic E-state index is 9.71. The summed E-state index contributed by atoms with van der Waals surface area (Å²) >= 11 is 5.94. The second kappa shape index (κ2) is 5.70. The third kappa shape index (κ3) is 2.33. The lowest BCUT2D eigenvalue weighted by molar-refractivity contribution is 0.245. The van der Waals surface area contributed by atoms with Gasteiger partial charge in [0.1, 0.15) is 0 Å². The Morgan fingerprint density at radius 2 is 1.75 bits per heavy atom. The number of benzene rings is 1. The number of nitriles is 2. The number of hydrogen-bond acceptors (Lipinski definition) is 2. The third-order valence-electron chi connectivity index (χ3n) is 4.10. The summed E-state index contributed by atoms with van der Waals surface area (Å²) in [6.45, 7) is 4.12. The minimum absolute atomic E-state index is 0.0144. The van der Waals surface area contributed by atoms with Crippen LogP contribution in [0.2, 0.25) is 5.02 Å². The Morgan fingerprint density at radius 3 is 2.10 bits per heavy atom. The molecule has 0 aliphatic heterocycles. The monoisotopic (exact) mass is 284 g/mol. The topological polar surface area (TPSA) is 47.6 Å². The molecule has 102 valence electrons. The molecule has 1 aromatic carbocycles. The zero-order valence-corrected chi connectivity index (χ0v) is 12.4. The highest BCUT2D eigenvalue weighted by Crippen LogP contribution is 2.50. The van der Waals surface area contributed by atoms with Crippen molar-refractivity contribution in [2.45, 2.75) is 26.2 Å². The van der Waals surface area contributed by atoms with Gasteiger partial charge in [0.05, 0.1) is 12.1 Å². The molecule has 3 heteroatoms. The normalized spacial score (nSPS) is 19.0. The van der Waals surface area contributed by atoms with Crippen molar-refractivity contribution in [1.29, 1.82) is 10.5 Å². The van der Waals surface area contributed by atoms with Gasteiger partial charge < -0.3 is 0 Å². The second-order valence-corrected chi connectivity index (χ2v) is 6.07. The first-order valence-electron chi connectivity index (χ1n) is 6.79. The molecule has 0 heterocycles. The van der Waals surface area contributed by atoms with E-state index in [1.165, 1.54) is 0 Å². The van der Waals surface area contributed by atoms with E-state index in [0.717, 1.165) is 12.0 Å². The summed E-state index contributed by atoms with van der Waals surface area (Å²) in [6.07, 6.45) is 4.81. The molecule has 2 unspecified atom stereocenters. The number of halogens is 1. The van der Waals surface area contributed by atoms with Crippen LogP contribution < -0.4 is 0 Å². The minimum Gasteiger partial charge on any atom is -0.197 e. The lowest BCUT2D eigenvalue weighted by atomic mass is 9.59. The molecule has 1 aliphatic carbocycles. The molecule has 2 nitrogen and oxygen atoms in total. The molecule has 0 N–H and O–H groups in total. The summed E-state index contributed by atoms with van der Waals surface area (Å²) in [5.41, 5.74) is 0.00399. The first-order valence-corrected chi connectivity index (χ1v) is 7.17. The van der Waals surface area contributed by atoms with Gasteiger partial charge in [-0.3, -0.25) is 0 Å². The fourth-order valence-corrected chi connectivity index (χ4v) is 3.14. The van der Waals surface area contributed by atoms with E-state index in [0.29, 0.717) is 5.02 Å². The predicted molar refractivity (Wildman–Crippen MR) is 79.9 cm³/mol. The highest BCUT2D eigenvalue weighted by molar-refractivity contribution is 6.30. The molecule has 0 bridgehead atoms. The average molecular weight is 285 g/mol. The third-order valence-corrected chi connectivity index (χ3v) is 4.35. The van der Waals surface area contributed by atoms with E-state index in [1.54, 1.807) is 0 Å². The standard InChI is InChI=1S/C17H17ClN2/c1-12(2)16(13-6-8-15(18)9-7-13)17(10-19,11-20)14-4-3-5-14/h3-4,6-9,12,14,16H,5H2,1-2H3. The SMILES string of the molecule is CC(C)C(c1ccc(Cl)cc1)C(C#N)(C#N)C1C=CC1. The van der Waals surface area contributed by atoms with Crippen molar-refractivity contribution in [1.82, 2.24) is 0 Å². The van der Waals surface area contributed by atoms with Gasteiger partial charge in [-0.1, -0.05) is 49.7 Å². The van der Waals surface area contributed by atoms with Crippen molar-refractivity contribution in [3.63, 3.8) is 0 Å². The van der Waals surface area contributed by atoms with Crippen molar-refractivity contribution in [3.8, 4) is 12.1 Å². The van der Waals surface area contributed by atoms with E-state index in [-0.39, 0.29) is 17.8 Å². The number of allylic oxidation sites excluding steroid dienone is 2. The zero-order chi connectivity index (χ0) is 14.8. The van der Waals surface area contributed by atoms with E-state index in [1.807, 2.05) is 36.4 Å². The average Bonchev–Trinajstić information content (AvgIpc) is 2.37. The molecule has 0 fully saturated rings. The van der Waals surface area contributed by atoms with Crippen LogP contribution in [0.4, 0.5) is 0 Å². The van der Waals surface area contributed by atoms with E-state index in [9.17, 15) is 10.5 Å². The van der Waals surface area contributed by atoms with Crippen LogP contribution in [0.25, 0.3) is 0 Å². The highest BCUT2D eigenvalue weighted by atomic mass is 35.5. The Hall–Kier alpha value is -1.77. The Balaban J connectivity index is 2.51. The largest absolute Gasteiger partial charge is 0.197 e. The Morgan fingerprint density at radius 1 is 1.20 bits per heavy atom. The van der Waals surface area contributed by atoms with Gasteiger partial charge in [0.2, 0.25) is 0 Å². The minimum atomic E-state index is -1.00. The highest BCUT2D eigenvalue weighted by Gasteiger charge is 2.48. The van der Waals surface area contributed by atoms with Crippen molar-refractivity contribution in [2.75, 3.05) is 0 Å². The van der Waals surface area contributed by atoms with Crippen LogP contribution in [0.3, 0.4) is 0 Å². The van der Waals surface area contributed by atoms with Crippen molar-refractivity contribution in [3.05, 3.63) is 47.0 Å². The van der Waals surface area contributed by atoms with Crippen LogP contribution >= 0.6 is 11.6 Å². The summed E-state index contributed by atoms with van der Waals surface area (Å²) in [6, 6.07) is 12.1. The lowest BCUT2D eigenvalue weighted by Crippen LogP contribution is -2.38. The fourth-order valence-electron chi connectivity index (χ4n) is 3.01. The van der Waals surface area contributed by atoms with Gasteiger partial charge in [-0.05, 0) is 30.0 Å². The number of rotatable bonds is 4. The van der Waals surface area contributed by atoms with Crippen molar-refractivity contribution in [2.24, 2.45) is 17.3 Å². The molecule has 2 atom stereocenters. The Kier molecular flexibility index (Phi) is 4.17. The second-order valence-electron chi connectivity index (χ2n) is 5.64. The van der Waals surface area contributed by atoms with Crippen LogP contribution in [-0.2, 0) is 0 Å². The van der Waals surface area contributed by atoms with Crippen LogP contribution in [0, 0.1) is 39.9 Å². The molecule has 0 radical (unpaired) electrons. The smallest absolute Gasteiger partial charge is 0.157 e. The van der Waals surface area contributed by atoms with Gasteiger partial charge in [0.25, 0.3) is 0 Å². The van der Waals surface area contributed by atoms with E-state index >= 15 is 0 Å². The molecule has 2 rings (SSSR count). The van der Waals surface area contributed by atoms with Crippen LogP contribution in [0.15, 0.2) is 36.4 Å². The van der Waals surface area contributed by atoms with Gasteiger partial charge in [0.15, 0.2) is 5.41 Å². The summed E-state index contributed by atoms with van der Waals surface area (Å²) in [5.74, 6) is 0.0924. The van der Waals surface area contributed by atoms with Gasteiger partial charge in [-0.25, -0.2) is 0 Å². The summed E-state index contributed by atoms with van der Waals surface area (Å²) in [5, 5.41) is 20.1. The van der Waals surface area contributed by atoms with Gasteiger partial charge in [0, 0.05) is 16.9 Å². The van der Waals surface area contributed by atoms with Gasteiger partial charge in [-0.15, -0.1) is 0 Å². The van der Waals surface area contributed by atoms with Crippen molar-refractivity contribution < 1.29 is 0 Å². The van der Waals surface area contributed by atoms with E-state index in [2.05, 4.69) is 26.0 Å². The molecule has 0 spiro atoms. The van der Waals surface area contributed by atoms with Crippen LogP contribution in [0.5, 0.6) is 0 Å². The molecule has 0 aromatic heterocycles. The van der Waals surface area contributed by atoms with Crippen LogP contribution in [0.1, 0.15) is 31.7 Å². The molecule has 1 aromatic rings. The van der Waals surface area contributed by atoms with Crippen LogP contribution in [-0.4, -0.2) is 0 Å².